The number of nitrogens with two attached hydrogens (primary N) is 4. The standard InChI is InChI=1S/C3H8.2CH5N3O/c1-3-2;2*2-1(5)4-3/h3H2,1-2H3;2*3H2,(H3,2,4,5). The molecule has 0 saturated heterocycles. The highest BCUT2D eigenvalue weighted by Gasteiger charge is 1.73. The summed E-state index contributed by atoms with van der Waals surface area (Å²) >= 11 is 0. The first-order valence-electron chi connectivity index (χ1n) is 3.48. The maximum Gasteiger partial charge on any atom is 0.326 e. The van der Waals surface area contributed by atoms with Crippen molar-refractivity contribution in [2.75, 3.05) is 0 Å². The van der Waals surface area contributed by atoms with Crippen LogP contribution >= 0.6 is 0 Å². The SMILES string of the molecule is CCC.NNC(N)=O.NNC(N)=O. The highest BCUT2D eigenvalue weighted by atomic mass is 16.2. The number of nitrogens with one attached hydrogen (secondary N) is 2. The Morgan fingerprint density at radius 2 is 1.08 bits per heavy atom. The maximum atomic E-state index is 9.35. The quantitative estimate of drug-likeness (QED) is 0.157. The molecule has 0 aromatic rings. The molecule has 0 aromatic heterocycles. The van der Waals surface area contributed by atoms with Crippen LogP contribution in [0, 0.1) is 0 Å². The number of hydrazine groups is 2. The molecule has 8 nitrogen and oxygen atoms in total. The summed E-state index contributed by atoms with van der Waals surface area (Å²) in [5.74, 6) is 8.89. The number of amides is 4. The molecule has 0 radical (unpaired) electrons. The molecule has 0 aliphatic rings. The fraction of sp³-hybridized carbons (Fsp3) is 0.600. The molecule has 0 aliphatic heterocycles. The van der Waals surface area contributed by atoms with Crippen molar-refractivity contribution in [3.63, 3.8) is 0 Å². The zero-order chi connectivity index (χ0) is 11.3. The van der Waals surface area contributed by atoms with E-state index in [1.807, 2.05) is 0 Å². The minimum absolute atomic E-state index is 0.718. The molecule has 0 spiro atoms. The van der Waals surface area contributed by atoms with E-state index in [1.165, 1.54) is 6.42 Å². The lowest BCUT2D eigenvalue weighted by molar-refractivity contribution is 0.248. The number of hydrogen-bond donors (Lipinski definition) is 6. The fourth-order valence-electron chi connectivity index (χ4n) is 0. The third kappa shape index (κ3) is 124. The van der Waals surface area contributed by atoms with E-state index in [0.29, 0.717) is 0 Å². The van der Waals surface area contributed by atoms with Crippen molar-refractivity contribution in [2.24, 2.45) is 23.2 Å². The van der Waals surface area contributed by atoms with E-state index in [9.17, 15) is 9.59 Å². The Hall–Kier alpha value is -1.54. The van der Waals surface area contributed by atoms with Gasteiger partial charge < -0.3 is 11.5 Å². The number of hydrogen-bond acceptors (Lipinski definition) is 4. The number of urea groups is 2. The van der Waals surface area contributed by atoms with Crippen molar-refractivity contribution >= 4 is 12.1 Å². The van der Waals surface area contributed by atoms with Crippen LogP contribution in [0.2, 0.25) is 0 Å². The summed E-state index contributed by atoms with van der Waals surface area (Å²) in [5.41, 5.74) is 12.2. The molecule has 0 rings (SSSR count). The topological polar surface area (TPSA) is 162 Å². The third-order valence-corrected chi connectivity index (χ3v) is 0.285. The molecule has 0 atom stereocenters. The van der Waals surface area contributed by atoms with Crippen LogP contribution in [0.4, 0.5) is 9.59 Å². The van der Waals surface area contributed by atoms with E-state index >= 15 is 0 Å². The summed E-state index contributed by atoms with van der Waals surface area (Å²) in [6.45, 7) is 4.25. The van der Waals surface area contributed by atoms with E-state index in [4.69, 9.17) is 0 Å². The molecule has 0 unspecified atom stereocenters. The van der Waals surface area contributed by atoms with Gasteiger partial charge in [-0.05, 0) is 0 Å². The number of rotatable bonds is 0. The van der Waals surface area contributed by atoms with Crippen molar-refractivity contribution in [2.45, 2.75) is 20.3 Å². The van der Waals surface area contributed by atoms with Crippen molar-refractivity contribution in [3.05, 3.63) is 0 Å². The summed E-state index contributed by atoms with van der Waals surface area (Å²) in [4.78, 5) is 18.7. The Kier molecular flexibility index (Phi) is 22.7. The van der Waals surface area contributed by atoms with Crippen LogP contribution in [0.25, 0.3) is 0 Å². The molecular formula is C5H18N6O2. The molecule has 0 bridgehead atoms. The number of primary amides is 2. The summed E-state index contributed by atoms with van der Waals surface area (Å²) in [6, 6.07) is -1.44. The van der Waals surface area contributed by atoms with Crippen LogP contribution in [-0.4, -0.2) is 12.1 Å². The molecule has 0 aliphatic carbocycles. The zero-order valence-corrected chi connectivity index (χ0v) is 7.83. The third-order valence-electron chi connectivity index (χ3n) is 0.285. The van der Waals surface area contributed by atoms with E-state index in [-0.39, 0.29) is 0 Å². The second-order valence-corrected chi connectivity index (χ2v) is 1.72. The summed E-state index contributed by atoms with van der Waals surface area (Å²) in [5, 5.41) is 0. The van der Waals surface area contributed by atoms with Crippen molar-refractivity contribution in [1.29, 1.82) is 0 Å². The first-order valence-corrected chi connectivity index (χ1v) is 3.48. The molecule has 8 heteroatoms. The first kappa shape index (κ1) is 17.5. The average Bonchev–Trinajstić information content (AvgIpc) is 2.07. The summed E-state index contributed by atoms with van der Waals surface area (Å²) in [7, 11) is 0. The predicted octanol–water partition coefficient (Wildman–Crippen LogP) is -1.53. The Morgan fingerprint density at radius 3 is 1.08 bits per heavy atom. The van der Waals surface area contributed by atoms with Gasteiger partial charge in [-0.15, -0.1) is 0 Å². The van der Waals surface area contributed by atoms with E-state index < -0.39 is 12.1 Å². The normalized spacial score (nSPS) is 6.46. The van der Waals surface area contributed by atoms with E-state index in [0.717, 1.165) is 0 Å². The molecule has 0 fully saturated rings. The predicted molar refractivity (Wildman–Crippen MR) is 49.8 cm³/mol. The van der Waals surface area contributed by atoms with Gasteiger partial charge in [-0.1, -0.05) is 20.3 Å². The molecule has 10 N–H and O–H groups in total. The lowest BCUT2D eigenvalue weighted by Gasteiger charge is -1.81. The van der Waals surface area contributed by atoms with Crippen LogP contribution in [0.5, 0.6) is 0 Å². The van der Waals surface area contributed by atoms with Gasteiger partial charge in [-0.3, -0.25) is 10.9 Å². The van der Waals surface area contributed by atoms with Gasteiger partial charge in [0.15, 0.2) is 0 Å². The van der Waals surface area contributed by atoms with Crippen LogP contribution in [0.1, 0.15) is 20.3 Å². The lowest BCUT2D eigenvalue weighted by atomic mass is 10.6. The number of carbonyl (C=O) groups is 2. The largest absolute Gasteiger partial charge is 0.351 e. The van der Waals surface area contributed by atoms with Gasteiger partial charge in [0.2, 0.25) is 0 Å². The van der Waals surface area contributed by atoms with Crippen LogP contribution in [0.3, 0.4) is 0 Å². The average molecular weight is 194 g/mol. The second-order valence-electron chi connectivity index (χ2n) is 1.72. The Bertz CT molecular complexity index is 114. The highest BCUT2D eigenvalue weighted by Crippen LogP contribution is 1.56. The maximum absolute atomic E-state index is 9.35. The van der Waals surface area contributed by atoms with Crippen molar-refractivity contribution in [1.82, 2.24) is 10.9 Å². The first-order chi connectivity index (χ1) is 5.95. The molecule has 80 valence electrons. The van der Waals surface area contributed by atoms with Crippen molar-refractivity contribution < 1.29 is 9.59 Å². The Morgan fingerprint density at radius 1 is 1.00 bits per heavy atom. The lowest BCUT2D eigenvalue weighted by Crippen LogP contribution is -2.34. The Labute approximate surface area is 76.9 Å². The van der Waals surface area contributed by atoms with Gasteiger partial charge in [0.1, 0.15) is 0 Å². The summed E-state index contributed by atoms with van der Waals surface area (Å²) in [6.07, 6.45) is 1.25. The number of carbonyl (C=O) groups excluding carboxylic acids is 2. The van der Waals surface area contributed by atoms with Gasteiger partial charge in [-0.25, -0.2) is 21.3 Å². The van der Waals surface area contributed by atoms with Gasteiger partial charge in [-0.2, -0.15) is 0 Å². The highest BCUT2D eigenvalue weighted by molar-refractivity contribution is 5.70. The molecule has 13 heavy (non-hydrogen) atoms. The summed E-state index contributed by atoms with van der Waals surface area (Å²) < 4.78 is 0. The molecule has 0 aromatic carbocycles. The monoisotopic (exact) mass is 194 g/mol. The minimum atomic E-state index is -0.718. The van der Waals surface area contributed by atoms with Gasteiger partial charge in [0, 0.05) is 0 Å². The molecule has 0 saturated carbocycles. The van der Waals surface area contributed by atoms with E-state index in [2.05, 4.69) is 37.0 Å². The second kappa shape index (κ2) is 16.8. The Balaban J connectivity index is -0.000000120. The smallest absolute Gasteiger partial charge is 0.326 e. The van der Waals surface area contributed by atoms with Crippen LogP contribution < -0.4 is 34.0 Å². The molecule has 0 heterocycles. The van der Waals surface area contributed by atoms with Gasteiger partial charge in [0.25, 0.3) is 0 Å². The van der Waals surface area contributed by atoms with Crippen LogP contribution in [0.15, 0.2) is 0 Å². The molecular weight excluding hydrogens is 176 g/mol. The molecule has 4 amide bonds. The van der Waals surface area contributed by atoms with Crippen LogP contribution in [-0.2, 0) is 0 Å². The van der Waals surface area contributed by atoms with Gasteiger partial charge in [0.05, 0.1) is 0 Å². The van der Waals surface area contributed by atoms with E-state index in [1.54, 1.807) is 10.9 Å². The fourth-order valence-corrected chi connectivity index (χ4v) is 0. The zero-order valence-electron chi connectivity index (χ0n) is 7.83. The van der Waals surface area contributed by atoms with Crippen molar-refractivity contribution in [3.8, 4) is 0 Å². The van der Waals surface area contributed by atoms with Gasteiger partial charge >= 0.3 is 12.1 Å². The minimum Gasteiger partial charge on any atom is -0.351 e.